The number of carbonyl (C=O) groups is 2. The summed E-state index contributed by atoms with van der Waals surface area (Å²) >= 11 is 0. The van der Waals surface area contributed by atoms with Gasteiger partial charge in [0.2, 0.25) is 21.8 Å². The molecular formula is C34H45N3O5S. The maximum Gasteiger partial charge on any atom is 0.243 e. The monoisotopic (exact) mass is 607 g/mol. The average molecular weight is 608 g/mol. The summed E-state index contributed by atoms with van der Waals surface area (Å²) in [6.07, 6.45) is 3.65. The minimum absolute atomic E-state index is 0.0716. The number of aryl methyl sites for hydroxylation is 1. The molecule has 43 heavy (non-hydrogen) atoms. The van der Waals surface area contributed by atoms with Crippen LogP contribution in [0.5, 0.6) is 5.75 Å². The summed E-state index contributed by atoms with van der Waals surface area (Å²) in [6.45, 7) is 7.19. The predicted octanol–water partition coefficient (Wildman–Crippen LogP) is 5.50. The topological polar surface area (TPSA) is 96.0 Å². The number of unbranched alkanes of at least 4 members (excludes halogenated alkanes) is 1. The molecule has 0 fully saturated rings. The zero-order valence-corrected chi connectivity index (χ0v) is 26.6. The first-order valence-corrected chi connectivity index (χ1v) is 16.8. The second-order valence-electron chi connectivity index (χ2n) is 10.7. The van der Waals surface area contributed by atoms with E-state index in [9.17, 15) is 18.0 Å². The van der Waals surface area contributed by atoms with Crippen LogP contribution in [0.15, 0.2) is 78.9 Å². The van der Waals surface area contributed by atoms with Crippen molar-refractivity contribution in [1.82, 2.24) is 10.2 Å². The third-order valence-electron chi connectivity index (χ3n) is 7.12. The highest BCUT2D eigenvalue weighted by Gasteiger charge is 2.30. The van der Waals surface area contributed by atoms with Crippen LogP contribution >= 0.6 is 0 Å². The van der Waals surface area contributed by atoms with Crippen LogP contribution in [-0.4, -0.2) is 57.1 Å². The standard InChI is InChI=1S/C34H45N3O5S/c1-5-7-22-35-34(39)31(25-28-16-9-8-10-17-28)36(26-29-18-13-15-27(3)24-29)33(38)21-14-23-37(43(4,40)41)30-19-11-12-20-32(30)42-6-2/h8-13,15-20,24,31H,5-7,14,21-23,25-26H2,1-4H3,(H,35,39)/t31-/m0/s1. The highest BCUT2D eigenvalue weighted by atomic mass is 32.2. The number of carbonyl (C=O) groups excluding carboxylic acids is 2. The van der Waals surface area contributed by atoms with Gasteiger partial charge in [-0.05, 0) is 49.9 Å². The molecule has 0 aliphatic carbocycles. The Balaban J connectivity index is 1.89. The van der Waals surface area contributed by atoms with Crippen LogP contribution in [-0.2, 0) is 32.6 Å². The van der Waals surface area contributed by atoms with Crippen LogP contribution in [0.2, 0.25) is 0 Å². The van der Waals surface area contributed by atoms with Gasteiger partial charge in [-0.15, -0.1) is 0 Å². The molecule has 0 spiro atoms. The second kappa shape index (κ2) is 16.7. The molecule has 0 unspecified atom stereocenters. The molecule has 3 aromatic carbocycles. The summed E-state index contributed by atoms with van der Waals surface area (Å²) in [5, 5.41) is 3.04. The number of ether oxygens (including phenoxy) is 1. The Hall–Kier alpha value is -3.85. The van der Waals surface area contributed by atoms with E-state index < -0.39 is 16.1 Å². The summed E-state index contributed by atoms with van der Waals surface area (Å²) in [5.74, 6) is 0.0656. The number of anilines is 1. The molecule has 0 saturated carbocycles. The van der Waals surface area contributed by atoms with Gasteiger partial charge in [-0.3, -0.25) is 13.9 Å². The van der Waals surface area contributed by atoms with E-state index >= 15 is 0 Å². The van der Waals surface area contributed by atoms with Crippen molar-refractivity contribution in [2.75, 3.05) is 30.3 Å². The van der Waals surface area contributed by atoms with Crippen molar-refractivity contribution in [2.45, 2.75) is 65.5 Å². The second-order valence-corrected chi connectivity index (χ2v) is 12.6. The first kappa shape index (κ1) is 33.6. The van der Waals surface area contributed by atoms with Gasteiger partial charge in [0.05, 0.1) is 18.6 Å². The summed E-state index contributed by atoms with van der Waals surface area (Å²) in [4.78, 5) is 29.3. The molecule has 2 amide bonds. The van der Waals surface area contributed by atoms with Crippen LogP contribution in [0.25, 0.3) is 0 Å². The number of hydrogen-bond donors (Lipinski definition) is 1. The van der Waals surface area contributed by atoms with Crippen LogP contribution in [0.4, 0.5) is 5.69 Å². The largest absolute Gasteiger partial charge is 0.492 e. The molecule has 3 rings (SSSR count). The van der Waals surface area contributed by atoms with Gasteiger partial charge in [0.1, 0.15) is 11.8 Å². The maximum absolute atomic E-state index is 14.0. The number of sulfonamides is 1. The van der Waals surface area contributed by atoms with Gasteiger partial charge in [0.15, 0.2) is 0 Å². The van der Waals surface area contributed by atoms with Crippen molar-refractivity contribution in [2.24, 2.45) is 0 Å². The molecule has 232 valence electrons. The van der Waals surface area contributed by atoms with Crippen molar-refractivity contribution >= 4 is 27.5 Å². The molecular weight excluding hydrogens is 562 g/mol. The van der Waals surface area contributed by atoms with E-state index in [1.807, 2.05) is 68.4 Å². The van der Waals surface area contributed by atoms with E-state index in [0.717, 1.165) is 35.8 Å². The van der Waals surface area contributed by atoms with Crippen molar-refractivity contribution in [1.29, 1.82) is 0 Å². The summed E-state index contributed by atoms with van der Waals surface area (Å²) in [6, 6.07) is 23.9. The zero-order valence-electron chi connectivity index (χ0n) is 25.8. The minimum Gasteiger partial charge on any atom is -0.492 e. The van der Waals surface area contributed by atoms with Gasteiger partial charge in [-0.2, -0.15) is 0 Å². The Bertz CT molecular complexity index is 1430. The first-order valence-electron chi connectivity index (χ1n) is 15.0. The average Bonchev–Trinajstić information content (AvgIpc) is 2.97. The molecule has 1 N–H and O–H groups in total. The number of hydrogen-bond acceptors (Lipinski definition) is 5. The molecule has 0 aromatic heterocycles. The van der Waals surface area contributed by atoms with E-state index in [2.05, 4.69) is 12.2 Å². The van der Waals surface area contributed by atoms with Crippen LogP contribution in [0.1, 0.15) is 56.2 Å². The van der Waals surface area contributed by atoms with Crippen LogP contribution in [0, 0.1) is 6.92 Å². The predicted molar refractivity (Wildman–Crippen MR) is 173 cm³/mol. The van der Waals surface area contributed by atoms with Crippen molar-refractivity contribution in [3.8, 4) is 5.75 Å². The lowest BCUT2D eigenvalue weighted by molar-refractivity contribution is -0.141. The van der Waals surface area contributed by atoms with E-state index in [1.165, 1.54) is 4.31 Å². The summed E-state index contributed by atoms with van der Waals surface area (Å²) in [7, 11) is -3.65. The molecule has 9 heteroatoms. The minimum atomic E-state index is -3.65. The van der Waals surface area contributed by atoms with Gasteiger partial charge >= 0.3 is 0 Å². The fraction of sp³-hybridized carbons (Fsp3) is 0.412. The summed E-state index contributed by atoms with van der Waals surface area (Å²) in [5.41, 5.74) is 3.38. The quantitative estimate of drug-likeness (QED) is 0.205. The molecule has 3 aromatic rings. The van der Waals surface area contributed by atoms with Crippen molar-refractivity contribution in [3.63, 3.8) is 0 Å². The number of nitrogens with zero attached hydrogens (tertiary/aromatic N) is 2. The molecule has 0 saturated heterocycles. The fourth-order valence-corrected chi connectivity index (χ4v) is 5.96. The van der Waals surface area contributed by atoms with Gasteiger partial charge < -0.3 is 15.0 Å². The van der Waals surface area contributed by atoms with E-state index in [4.69, 9.17) is 4.74 Å². The van der Waals surface area contributed by atoms with Gasteiger partial charge in [-0.1, -0.05) is 85.6 Å². The molecule has 0 radical (unpaired) electrons. The molecule has 8 nitrogen and oxygen atoms in total. The smallest absolute Gasteiger partial charge is 0.243 e. The van der Waals surface area contributed by atoms with Crippen LogP contribution < -0.4 is 14.4 Å². The Kier molecular flexibility index (Phi) is 13.1. The molecule has 0 aliphatic rings. The molecule has 0 bridgehead atoms. The maximum atomic E-state index is 14.0. The number of benzene rings is 3. The van der Waals surface area contributed by atoms with Gasteiger partial charge in [0, 0.05) is 32.5 Å². The lowest BCUT2D eigenvalue weighted by Gasteiger charge is -2.32. The molecule has 1 atom stereocenters. The number of amides is 2. The first-order chi connectivity index (χ1) is 20.6. The SMILES string of the molecule is CCCCNC(=O)[C@H](Cc1ccccc1)N(Cc1cccc(C)c1)C(=O)CCCN(c1ccccc1OCC)S(C)(=O)=O. The number of nitrogens with one attached hydrogen (secondary N) is 1. The highest BCUT2D eigenvalue weighted by Crippen LogP contribution is 2.30. The van der Waals surface area contributed by atoms with E-state index in [1.54, 1.807) is 29.2 Å². The Morgan fingerprint density at radius 1 is 0.907 bits per heavy atom. The van der Waals surface area contributed by atoms with Gasteiger partial charge in [0.25, 0.3) is 0 Å². The highest BCUT2D eigenvalue weighted by molar-refractivity contribution is 7.92. The zero-order chi connectivity index (χ0) is 31.2. The van der Waals surface area contributed by atoms with E-state index in [0.29, 0.717) is 31.0 Å². The third-order valence-corrected chi connectivity index (χ3v) is 8.30. The van der Waals surface area contributed by atoms with Crippen molar-refractivity contribution in [3.05, 3.63) is 95.6 Å². The lowest BCUT2D eigenvalue weighted by atomic mass is 10.0. The fourth-order valence-electron chi connectivity index (χ4n) is 4.99. The Labute approximate surface area is 257 Å². The van der Waals surface area contributed by atoms with Gasteiger partial charge in [-0.25, -0.2) is 8.42 Å². The number of para-hydroxylation sites is 2. The number of rotatable bonds is 17. The Morgan fingerprint density at radius 2 is 1.60 bits per heavy atom. The molecule has 0 heterocycles. The summed E-state index contributed by atoms with van der Waals surface area (Å²) < 4.78 is 32.6. The third kappa shape index (κ3) is 10.4. The normalized spacial score (nSPS) is 11.9. The van der Waals surface area contributed by atoms with Crippen molar-refractivity contribution < 1.29 is 22.7 Å². The molecule has 0 aliphatic heterocycles. The van der Waals surface area contributed by atoms with Crippen LogP contribution in [0.3, 0.4) is 0 Å². The van der Waals surface area contributed by atoms with E-state index in [-0.39, 0.29) is 37.7 Å². The Morgan fingerprint density at radius 3 is 2.28 bits per heavy atom. The lowest BCUT2D eigenvalue weighted by Crippen LogP contribution is -2.50.